The summed E-state index contributed by atoms with van der Waals surface area (Å²) in [5.41, 5.74) is 0. The average molecular weight is 292 g/mol. The predicted octanol–water partition coefficient (Wildman–Crippen LogP) is -0.0792. The van der Waals surface area contributed by atoms with Crippen LogP contribution in [0.2, 0.25) is 0 Å². The van der Waals surface area contributed by atoms with Crippen LogP contribution in [-0.2, 0) is 14.4 Å². The highest BCUT2D eigenvalue weighted by molar-refractivity contribution is 5.84. The lowest BCUT2D eigenvalue weighted by Gasteiger charge is -2.17. The van der Waals surface area contributed by atoms with Gasteiger partial charge in [-0.25, -0.2) is 9.59 Å². The first-order chi connectivity index (χ1) is 9.40. The van der Waals surface area contributed by atoms with Gasteiger partial charge >= 0.3 is 18.0 Å². The first kappa shape index (κ1) is 17.8. The zero-order valence-corrected chi connectivity index (χ0v) is 10.7. The molecular weight excluding hydrogens is 275 g/mol. The summed E-state index contributed by atoms with van der Waals surface area (Å²) in [4.78, 5) is 43.2. The van der Waals surface area contributed by atoms with Crippen molar-refractivity contribution in [1.29, 1.82) is 0 Å². The summed E-state index contributed by atoms with van der Waals surface area (Å²) in [6.45, 7) is -0.706. The molecule has 0 heterocycles. The number of carboxylic acid groups (broad SMARTS) is 2. The number of aldehydes is 1. The fourth-order valence-corrected chi connectivity index (χ4v) is 1.36. The zero-order chi connectivity index (χ0) is 15.5. The summed E-state index contributed by atoms with van der Waals surface area (Å²) >= 11 is 0. The largest absolute Gasteiger partial charge is 0.481 e. The van der Waals surface area contributed by atoms with Gasteiger partial charge in [0, 0.05) is 6.42 Å². The number of carbonyl (C=O) groups is 4. The Hall–Kier alpha value is -2.19. The minimum Gasteiger partial charge on any atom is -0.481 e. The van der Waals surface area contributed by atoms with Crippen LogP contribution in [0.1, 0.15) is 25.7 Å². The van der Waals surface area contributed by atoms with Crippen molar-refractivity contribution in [2.75, 3.05) is 6.67 Å². The number of alkyl halides is 1. The second kappa shape index (κ2) is 9.70. The normalized spacial score (nSPS) is 13.1. The SMILES string of the molecule is O=C[C@H](CCC(=O)O)NC(=O)N[C@@H](CCCF)C(=O)O. The van der Waals surface area contributed by atoms with E-state index < -0.39 is 36.7 Å². The van der Waals surface area contributed by atoms with Gasteiger partial charge in [0.15, 0.2) is 0 Å². The van der Waals surface area contributed by atoms with Gasteiger partial charge in [0.1, 0.15) is 12.3 Å². The van der Waals surface area contributed by atoms with Crippen LogP contribution in [0, 0.1) is 0 Å². The quantitative estimate of drug-likeness (QED) is 0.416. The topological polar surface area (TPSA) is 133 Å². The number of aliphatic carboxylic acids is 2. The Bertz CT molecular complexity index is 363. The van der Waals surface area contributed by atoms with Crippen LogP contribution in [-0.4, -0.2) is 53.2 Å². The smallest absolute Gasteiger partial charge is 0.326 e. The first-order valence-electron chi connectivity index (χ1n) is 5.93. The summed E-state index contributed by atoms with van der Waals surface area (Å²) in [6.07, 6.45) is -0.157. The fourth-order valence-electron chi connectivity index (χ4n) is 1.36. The molecule has 0 fully saturated rings. The van der Waals surface area contributed by atoms with Crippen LogP contribution in [0.4, 0.5) is 9.18 Å². The van der Waals surface area contributed by atoms with E-state index in [0.29, 0.717) is 6.29 Å². The van der Waals surface area contributed by atoms with E-state index in [9.17, 15) is 23.6 Å². The number of hydrogen-bond donors (Lipinski definition) is 4. The monoisotopic (exact) mass is 292 g/mol. The molecule has 20 heavy (non-hydrogen) atoms. The summed E-state index contributed by atoms with van der Waals surface area (Å²) in [6, 6.07) is -3.21. The fraction of sp³-hybridized carbons (Fsp3) is 0.636. The molecule has 0 bridgehead atoms. The van der Waals surface area contributed by atoms with E-state index in [1.165, 1.54) is 0 Å². The predicted molar refractivity (Wildman–Crippen MR) is 65.0 cm³/mol. The summed E-state index contributed by atoms with van der Waals surface area (Å²) in [7, 11) is 0. The lowest BCUT2D eigenvalue weighted by Crippen LogP contribution is -2.49. The highest BCUT2D eigenvalue weighted by Gasteiger charge is 2.21. The second-order valence-electron chi connectivity index (χ2n) is 4.01. The highest BCUT2D eigenvalue weighted by Crippen LogP contribution is 1.99. The maximum Gasteiger partial charge on any atom is 0.326 e. The number of amides is 2. The molecule has 0 saturated carbocycles. The molecule has 0 aromatic rings. The Morgan fingerprint density at radius 1 is 1.15 bits per heavy atom. The molecule has 0 saturated heterocycles. The molecule has 2 atom stereocenters. The van der Waals surface area contributed by atoms with Crippen LogP contribution < -0.4 is 10.6 Å². The van der Waals surface area contributed by atoms with E-state index >= 15 is 0 Å². The van der Waals surface area contributed by atoms with Gasteiger partial charge in [0.2, 0.25) is 0 Å². The van der Waals surface area contributed by atoms with Gasteiger partial charge in [0.05, 0.1) is 12.7 Å². The van der Waals surface area contributed by atoms with Crippen LogP contribution in [0.5, 0.6) is 0 Å². The van der Waals surface area contributed by atoms with Gasteiger partial charge in [-0.05, 0) is 19.3 Å². The number of nitrogens with one attached hydrogen (secondary N) is 2. The molecule has 0 aromatic carbocycles. The number of halogens is 1. The van der Waals surface area contributed by atoms with Gasteiger partial charge in [-0.3, -0.25) is 9.18 Å². The number of urea groups is 1. The van der Waals surface area contributed by atoms with Gasteiger partial charge in [-0.1, -0.05) is 0 Å². The molecule has 0 unspecified atom stereocenters. The van der Waals surface area contributed by atoms with Crippen molar-refractivity contribution in [2.45, 2.75) is 37.8 Å². The third-order valence-electron chi connectivity index (χ3n) is 2.38. The van der Waals surface area contributed by atoms with E-state index in [0.717, 1.165) is 0 Å². The maximum atomic E-state index is 12.0. The molecular formula is C11H17FN2O6. The molecule has 9 heteroatoms. The Morgan fingerprint density at radius 3 is 2.25 bits per heavy atom. The summed E-state index contributed by atoms with van der Waals surface area (Å²) in [5.74, 6) is -2.44. The molecule has 0 aliphatic heterocycles. The molecule has 0 rings (SSSR count). The van der Waals surface area contributed by atoms with Crippen LogP contribution >= 0.6 is 0 Å². The highest BCUT2D eigenvalue weighted by atomic mass is 19.1. The van der Waals surface area contributed by atoms with Gasteiger partial charge in [-0.2, -0.15) is 0 Å². The molecule has 2 amide bonds. The van der Waals surface area contributed by atoms with E-state index in [1.807, 2.05) is 0 Å². The van der Waals surface area contributed by atoms with Crippen molar-refractivity contribution in [1.82, 2.24) is 10.6 Å². The van der Waals surface area contributed by atoms with Gasteiger partial charge < -0.3 is 25.6 Å². The number of carboxylic acids is 2. The number of hydrogen-bond acceptors (Lipinski definition) is 4. The molecule has 8 nitrogen and oxygen atoms in total. The van der Waals surface area contributed by atoms with Crippen LogP contribution in [0.3, 0.4) is 0 Å². The average Bonchev–Trinajstić information content (AvgIpc) is 2.38. The Morgan fingerprint density at radius 2 is 1.80 bits per heavy atom. The standard InChI is InChI=1S/C11H17FN2O6/c12-5-1-2-8(10(18)19)14-11(20)13-7(6-15)3-4-9(16)17/h6-8H,1-5H2,(H,16,17)(H,18,19)(H2,13,14,20)/t7-,8-/m0/s1. The molecule has 0 aliphatic carbocycles. The van der Waals surface area contributed by atoms with Crippen molar-refractivity contribution < 1.29 is 33.8 Å². The molecule has 0 aromatic heterocycles. The molecule has 4 N–H and O–H groups in total. The van der Waals surface area contributed by atoms with Crippen LogP contribution in [0.25, 0.3) is 0 Å². The number of rotatable bonds is 10. The summed E-state index contributed by atoms with van der Waals surface area (Å²) in [5, 5.41) is 21.5. The Kier molecular flexibility index (Phi) is 8.64. The number of carbonyl (C=O) groups excluding carboxylic acids is 2. The van der Waals surface area contributed by atoms with E-state index in [-0.39, 0.29) is 25.7 Å². The molecule has 114 valence electrons. The van der Waals surface area contributed by atoms with Crippen molar-refractivity contribution >= 4 is 24.3 Å². The minimum atomic E-state index is -1.32. The van der Waals surface area contributed by atoms with Crippen molar-refractivity contribution in [3.63, 3.8) is 0 Å². The minimum absolute atomic E-state index is 0.0205. The molecule has 0 spiro atoms. The van der Waals surface area contributed by atoms with Crippen molar-refractivity contribution in [2.24, 2.45) is 0 Å². The third-order valence-corrected chi connectivity index (χ3v) is 2.38. The maximum absolute atomic E-state index is 12.0. The van der Waals surface area contributed by atoms with E-state index in [1.54, 1.807) is 0 Å². The second-order valence-corrected chi connectivity index (χ2v) is 4.01. The van der Waals surface area contributed by atoms with Gasteiger partial charge in [0.25, 0.3) is 0 Å². The lowest BCUT2D eigenvalue weighted by atomic mass is 10.1. The Balaban J connectivity index is 4.30. The van der Waals surface area contributed by atoms with Gasteiger partial charge in [-0.15, -0.1) is 0 Å². The van der Waals surface area contributed by atoms with Crippen LogP contribution in [0.15, 0.2) is 0 Å². The molecule has 0 radical (unpaired) electrons. The first-order valence-corrected chi connectivity index (χ1v) is 5.93. The Labute approximate surface area is 114 Å². The van der Waals surface area contributed by atoms with E-state index in [2.05, 4.69) is 10.6 Å². The molecule has 0 aliphatic rings. The zero-order valence-electron chi connectivity index (χ0n) is 10.7. The van der Waals surface area contributed by atoms with Crippen molar-refractivity contribution in [3.8, 4) is 0 Å². The summed E-state index contributed by atoms with van der Waals surface area (Å²) < 4.78 is 12.0. The third kappa shape index (κ3) is 8.01. The van der Waals surface area contributed by atoms with E-state index in [4.69, 9.17) is 10.2 Å². The lowest BCUT2D eigenvalue weighted by molar-refractivity contribution is -0.139. The van der Waals surface area contributed by atoms with Crippen molar-refractivity contribution in [3.05, 3.63) is 0 Å².